The highest BCUT2D eigenvalue weighted by Crippen LogP contribution is 2.48. The summed E-state index contributed by atoms with van der Waals surface area (Å²) in [6.07, 6.45) is 1.20. The Kier molecular flexibility index (Phi) is 3.45. The predicted molar refractivity (Wildman–Crippen MR) is 86.9 cm³/mol. The van der Waals surface area contributed by atoms with Gasteiger partial charge in [-0.15, -0.1) is 0 Å². The molecule has 3 rings (SSSR count). The zero-order chi connectivity index (χ0) is 15.9. The lowest BCUT2D eigenvalue weighted by molar-refractivity contribution is 0.355. The third-order valence-electron chi connectivity index (χ3n) is 3.65. The van der Waals surface area contributed by atoms with Crippen LogP contribution >= 0.6 is 0 Å². The summed E-state index contributed by atoms with van der Waals surface area (Å²) < 4.78 is 34.2. The first-order chi connectivity index (χ1) is 10.4. The second-order valence-corrected chi connectivity index (χ2v) is 7.05. The van der Waals surface area contributed by atoms with Crippen molar-refractivity contribution in [1.29, 1.82) is 0 Å². The zero-order valence-corrected chi connectivity index (χ0v) is 13.4. The summed E-state index contributed by atoms with van der Waals surface area (Å²) in [6.45, 7) is 0. The van der Waals surface area contributed by atoms with Crippen LogP contribution in [0.25, 0.3) is 16.7 Å². The van der Waals surface area contributed by atoms with Crippen molar-refractivity contribution in [2.45, 2.75) is 0 Å². The van der Waals surface area contributed by atoms with E-state index in [1.807, 2.05) is 36.4 Å². The lowest BCUT2D eigenvalue weighted by Crippen LogP contribution is -1.94. The highest BCUT2D eigenvalue weighted by Gasteiger charge is 2.26. The fourth-order valence-corrected chi connectivity index (χ4v) is 3.45. The van der Waals surface area contributed by atoms with E-state index in [2.05, 4.69) is 0 Å². The molecule has 5 heteroatoms. The maximum atomic E-state index is 11.8. The summed E-state index contributed by atoms with van der Waals surface area (Å²) in [5.74, 6) is 1.20. The second kappa shape index (κ2) is 5.18. The SMILES string of the molecule is COc1cc2c(cc1OC)-c1ccccc1C2=CS(C)(=O)=O. The Bertz CT molecular complexity index is 880. The van der Waals surface area contributed by atoms with Crippen molar-refractivity contribution in [2.75, 3.05) is 20.5 Å². The van der Waals surface area contributed by atoms with Crippen LogP contribution in [0, 0.1) is 0 Å². The molecule has 0 atom stereocenters. The Labute approximate surface area is 129 Å². The molecule has 0 aliphatic heterocycles. The average Bonchev–Trinajstić information content (AvgIpc) is 2.78. The minimum atomic E-state index is -3.26. The summed E-state index contributed by atoms with van der Waals surface area (Å²) >= 11 is 0. The second-order valence-electron chi connectivity index (χ2n) is 5.16. The van der Waals surface area contributed by atoms with Gasteiger partial charge in [0.05, 0.1) is 14.2 Å². The Morgan fingerprint density at radius 1 is 0.864 bits per heavy atom. The normalized spacial score (nSPS) is 14.6. The molecule has 2 aromatic rings. The van der Waals surface area contributed by atoms with Crippen LogP contribution in [0.4, 0.5) is 0 Å². The summed E-state index contributed by atoms with van der Waals surface area (Å²) in [6, 6.07) is 11.4. The van der Waals surface area contributed by atoms with Crippen LogP contribution in [0.15, 0.2) is 41.8 Å². The number of rotatable bonds is 3. The number of sulfone groups is 1. The summed E-state index contributed by atoms with van der Waals surface area (Å²) in [7, 11) is -0.119. The van der Waals surface area contributed by atoms with Gasteiger partial charge in [0.25, 0.3) is 0 Å². The first-order valence-corrected chi connectivity index (χ1v) is 8.68. The van der Waals surface area contributed by atoms with Crippen LogP contribution in [-0.4, -0.2) is 28.9 Å². The van der Waals surface area contributed by atoms with Gasteiger partial charge < -0.3 is 9.47 Å². The number of methoxy groups -OCH3 is 2. The minimum absolute atomic E-state index is 0.577. The van der Waals surface area contributed by atoms with E-state index in [0.29, 0.717) is 17.1 Å². The van der Waals surface area contributed by atoms with Crippen LogP contribution in [0.1, 0.15) is 11.1 Å². The zero-order valence-electron chi connectivity index (χ0n) is 12.6. The first-order valence-electron chi connectivity index (χ1n) is 6.72. The molecule has 0 N–H and O–H groups in total. The van der Waals surface area contributed by atoms with Crippen LogP contribution in [0.3, 0.4) is 0 Å². The van der Waals surface area contributed by atoms with Gasteiger partial charge in [-0.05, 0) is 34.4 Å². The van der Waals surface area contributed by atoms with E-state index in [4.69, 9.17) is 9.47 Å². The molecule has 0 amide bonds. The van der Waals surface area contributed by atoms with Crippen molar-refractivity contribution in [3.63, 3.8) is 0 Å². The van der Waals surface area contributed by atoms with Crippen molar-refractivity contribution in [1.82, 2.24) is 0 Å². The quantitative estimate of drug-likeness (QED) is 0.745. The molecule has 0 aromatic heterocycles. The number of hydrogen-bond donors (Lipinski definition) is 0. The molecule has 0 unspecified atom stereocenters. The van der Waals surface area contributed by atoms with E-state index in [1.54, 1.807) is 14.2 Å². The lowest BCUT2D eigenvalue weighted by Gasteiger charge is -2.10. The third-order valence-corrected chi connectivity index (χ3v) is 4.32. The highest BCUT2D eigenvalue weighted by molar-refractivity contribution is 7.93. The van der Waals surface area contributed by atoms with Gasteiger partial charge in [0.2, 0.25) is 0 Å². The summed E-state index contributed by atoms with van der Waals surface area (Å²) in [5.41, 5.74) is 4.37. The Hall–Kier alpha value is -2.27. The van der Waals surface area contributed by atoms with Gasteiger partial charge >= 0.3 is 0 Å². The molecule has 2 aromatic carbocycles. The van der Waals surface area contributed by atoms with Crippen LogP contribution in [0.5, 0.6) is 11.5 Å². The van der Waals surface area contributed by atoms with Crippen LogP contribution in [-0.2, 0) is 9.84 Å². The Morgan fingerprint density at radius 2 is 1.41 bits per heavy atom. The van der Waals surface area contributed by atoms with Gasteiger partial charge in [-0.25, -0.2) is 8.42 Å². The molecule has 0 heterocycles. The Balaban J connectivity index is 2.36. The molecule has 0 spiro atoms. The first kappa shape index (κ1) is 14.7. The molecule has 0 radical (unpaired) electrons. The molecule has 0 saturated carbocycles. The van der Waals surface area contributed by atoms with Crippen molar-refractivity contribution in [3.8, 4) is 22.6 Å². The number of benzene rings is 2. The molecule has 22 heavy (non-hydrogen) atoms. The Morgan fingerprint density at radius 3 is 1.95 bits per heavy atom. The van der Waals surface area contributed by atoms with E-state index in [-0.39, 0.29) is 0 Å². The van der Waals surface area contributed by atoms with Gasteiger partial charge in [-0.2, -0.15) is 0 Å². The average molecular weight is 316 g/mol. The maximum absolute atomic E-state index is 11.8. The molecular formula is C17H16O4S. The molecular weight excluding hydrogens is 300 g/mol. The van der Waals surface area contributed by atoms with E-state index in [1.165, 1.54) is 11.7 Å². The molecule has 0 fully saturated rings. The van der Waals surface area contributed by atoms with Gasteiger partial charge in [0.1, 0.15) is 0 Å². The minimum Gasteiger partial charge on any atom is -0.493 e. The summed E-state index contributed by atoms with van der Waals surface area (Å²) in [5, 5.41) is 1.31. The van der Waals surface area contributed by atoms with Gasteiger partial charge in [0, 0.05) is 17.2 Å². The third kappa shape index (κ3) is 2.37. The van der Waals surface area contributed by atoms with E-state index >= 15 is 0 Å². The maximum Gasteiger partial charge on any atom is 0.169 e. The van der Waals surface area contributed by atoms with Crippen molar-refractivity contribution < 1.29 is 17.9 Å². The lowest BCUT2D eigenvalue weighted by atomic mass is 10.0. The molecule has 114 valence electrons. The fraction of sp³-hybridized carbons (Fsp3) is 0.176. The van der Waals surface area contributed by atoms with E-state index < -0.39 is 9.84 Å². The number of hydrogen-bond acceptors (Lipinski definition) is 4. The largest absolute Gasteiger partial charge is 0.493 e. The predicted octanol–water partition coefficient (Wildman–Crippen LogP) is 3.12. The molecule has 0 saturated heterocycles. The highest BCUT2D eigenvalue weighted by atomic mass is 32.2. The molecule has 1 aliphatic carbocycles. The summed E-state index contributed by atoms with van der Waals surface area (Å²) in [4.78, 5) is 0. The molecule has 1 aliphatic rings. The monoisotopic (exact) mass is 316 g/mol. The number of ether oxygens (including phenoxy) is 2. The smallest absolute Gasteiger partial charge is 0.169 e. The van der Waals surface area contributed by atoms with Gasteiger partial charge in [-0.1, -0.05) is 24.3 Å². The molecule has 4 nitrogen and oxygen atoms in total. The standard InChI is InChI=1S/C17H16O4S/c1-20-16-8-13-11-6-4-5-7-12(11)15(10-22(3,18)19)14(13)9-17(16)21-2/h4-10H,1-3H3. The molecule has 0 bridgehead atoms. The van der Waals surface area contributed by atoms with E-state index in [9.17, 15) is 8.42 Å². The van der Waals surface area contributed by atoms with Crippen molar-refractivity contribution in [2.24, 2.45) is 0 Å². The van der Waals surface area contributed by atoms with Gasteiger partial charge in [0.15, 0.2) is 21.3 Å². The van der Waals surface area contributed by atoms with Gasteiger partial charge in [-0.3, -0.25) is 0 Å². The van der Waals surface area contributed by atoms with Crippen molar-refractivity contribution in [3.05, 3.63) is 52.9 Å². The fourth-order valence-electron chi connectivity index (χ4n) is 2.76. The number of fused-ring (bicyclic) bond motifs is 3. The van der Waals surface area contributed by atoms with E-state index in [0.717, 1.165) is 22.3 Å². The van der Waals surface area contributed by atoms with Crippen molar-refractivity contribution >= 4 is 15.4 Å². The van der Waals surface area contributed by atoms with Crippen LogP contribution in [0.2, 0.25) is 0 Å². The topological polar surface area (TPSA) is 52.6 Å². The van der Waals surface area contributed by atoms with Crippen LogP contribution < -0.4 is 9.47 Å².